The van der Waals surface area contributed by atoms with Crippen LogP contribution in [0, 0.1) is 19.3 Å². The highest BCUT2D eigenvalue weighted by Crippen LogP contribution is 2.33. The van der Waals surface area contributed by atoms with Gasteiger partial charge in [-0.25, -0.2) is 0 Å². The van der Waals surface area contributed by atoms with E-state index in [-0.39, 0.29) is 0 Å². The van der Waals surface area contributed by atoms with E-state index in [2.05, 4.69) is 72.7 Å². The van der Waals surface area contributed by atoms with Crippen molar-refractivity contribution >= 4 is 5.97 Å². The van der Waals surface area contributed by atoms with Crippen LogP contribution >= 0.6 is 0 Å². The summed E-state index contributed by atoms with van der Waals surface area (Å²) in [7, 11) is 0. The van der Waals surface area contributed by atoms with Gasteiger partial charge >= 0.3 is 5.97 Å². The number of hydrogen-bond acceptors (Lipinski definition) is 1. The summed E-state index contributed by atoms with van der Waals surface area (Å²) in [5.74, 6) is -1.29. The van der Waals surface area contributed by atoms with E-state index in [0.29, 0.717) is 5.41 Å². The molecule has 2 rings (SSSR count). The van der Waals surface area contributed by atoms with Crippen molar-refractivity contribution in [2.45, 2.75) is 80.6 Å². The Hall–Kier alpha value is -2.09. The quantitative estimate of drug-likeness (QED) is 0.560. The van der Waals surface area contributed by atoms with E-state index >= 15 is 0 Å². The molecule has 2 nitrogen and oxygen atoms in total. The van der Waals surface area contributed by atoms with Gasteiger partial charge in [-0.3, -0.25) is 4.79 Å². The normalized spacial score (nSPS) is 12.1. The molecule has 0 aliphatic carbocycles. The van der Waals surface area contributed by atoms with Crippen LogP contribution in [0.25, 0.3) is 11.1 Å². The largest absolute Gasteiger partial charge is 0.481 e. The van der Waals surface area contributed by atoms with Crippen LogP contribution in [0.2, 0.25) is 0 Å². The molecule has 1 N–H and O–H groups in total. The molecule has 28 heavy (non-hydrogen) atoms. The molecular weight excluding hydrogens is 344 g/mol. The molecule has 0 heterocycles. The van der Waals surface area contributed by atoms with E-state index in [4.69, 9.17) is 0 Å². The summed E-state index contributed by atoms with van der Waals surface area (Å²) in [6, 6.07) is 12.4. The molecule has 1 unspecified atom stereocenters. The Morgan fingerprint density at radius 2 is 1.64 bits per heavy atom. The number of carboxylic acids is 1. The van der Waals surface area contributed by atoms with Crippen molar-refractivity contribution in [2.24, 2.45) is 5.41 Å². The monoisotopic (exact) mass is 382 g/mol. The van der Waals surface area contributed by atoms with Crippen LogP contribution in [0.3, 0.4) is 0 Å². The highest BCUT2D eigenvalue weighted by Gasteiger charge is 2.19. The Labute approximate surface area is 172 Å². The van der Waals surface area contributed by atoms with Crippen molar-refractivity contribution < 1.29 is 9.90 Å². The lowest BCUT2D eigenvalue weighted by molar-refractivity contribution is -0.138. The topological polar surface area (TPSA) is 37.3 Å². The second-order valence-corrected chi connectivity index (χ2v) is 9.34. The first kappa shape index (κ1) is 23.9. The molecule has 0 aliphatic heterocycles. The summed E-state index contributed by atoms with van der Waals surface area (Å²) >= 11 is 0. The number of carbonyl (C=O) groups is 1. The molecule has 0 bridgehead atoms. The van der Waals surface area contributed by atoms with Gasteiger partial charge in [0.2, 0.25) is 0 Å². The molecule has 0 radical (unpaired) electrons. The lowest BCUT2D eigenvalue weighted by Crippen LogP contribution is -2.09. The lowest BCUT2D eigenvalue weighted by Gasteiger charge is -2.17. The summed E-state index contributed by atoms with van der Waals surface area (Å²) in [5, 5.41) is 9.41. The van der Waals surface area contributed by atoms with Crippen LogP contribution in [0.5, 0.6) is 0 Å². The number of aryl methyl sites for hydroxylation is 3. The van der Waals surface area contributed by atoms with Gasteiger partial charge in [0.05, 0.1) is 5.92 Å². The second-order valence-electron chi connectivity index (χ2n) is 9.34. The van der Waals surface area contributed by atoms with E-state index in [0.717, 1.165) is 28.7 Å². The van der Waals surface area contributed by atoms with Gasteiger partial charge in [0.1, 0.15) is 0 Å². The SMILES string of the molecule is CC(C)(C)C.CCCCc1cc(-c2c(C)cccc2C(C)C(=O)O)ccc1C. The Balaban J connectivity index is 0.000000696. The molecule has 0 saturated heterocycles. The Morgan fingerprint density at radius 3 is 2.18 bits per heavy atom. The number of aliphatic carboxylic acids is 1. The van der Waals surface area contributed by atoms with Crippen LogP contribution < -0.4 is 0 Å². The number of hydrogen-bond donors (Lipinski definition) is 1. The van der Waals surface area contributed by atoms with Crippen molar-refractivity contribution in [3.63, 3.8) is 0 Å². The number of rotatable bonds is 6. The average molecular weight is 383 g/mol. The van der Waals surface area contributed by atoms with Gasteiger partial charge in [-0.05, 0) is 72.4 Å². The predicted molar refractivity (Wildman–Crippen MR) is 121 cm³/mol. The fourth-order valence-corrected chi connectivity index (χ4v) is 3.04. The van der Waals surface area contributed by atoms with Crippen LogP contribution in [-0.4, -0.2) is 11.1 Å². The van der Waals surface area contributed by atoms with Crippen molar-refractivity contribution in [1.29, 1.82) is 0 Å². The molecule has 0 saturated carbocycles. The van der Waals surface area contributed by atoms with E-state index in [9.17, 15) is 9.90 Å². The maximum absolute atomic E-state index is 11.5. The zero-order valence-electron chi connectivity index (χ0n) is 19.0. The summed E-state index contributed by atoms with van der Waals surface area (Å²) in [6.07, 6.45) is 3.43. The molecule has 0 aromatic heterocycles. The highest BCUT2D eigenvalue weighted by atomic mass is 16.4. The molecule has 2 heteroatoms. The van der Waals surface area contributed by atoms with Gasteiger partial charge in [-0.1, -0.05) is 77.4 Å². The smallest absolute Gasteiger partial charge is 0.310 e. The Bertz CT molecular complexity index is 776. The highest BCUT2D eigenvalue weighted by molar-refractivity contribution is 5.82. The van der Waals surface area contributed by atoms with Crippen molar-refractivity contribution in [3.05, 3.63) is 58.7 Å². The Kier molecular flexibility index (Phi) is 8.94. The molecule has 2 aromatic carbocycles. The van der Waals surface area contributed by atoms with E-state index in [1.54, 1.807) is 6.92 Å². The van der Waals surface area contributed by atoms with Crippen LogP contribution in [0.1, 0.15) is 82.6 Å². The van der Waals surface area contributed by atoms with Gasteiger partial charge < -0.3 is 5.11 Å². The summed E-state index contributed by atoms with van der Waals surface area (Å²) < 4.78 is 0. The zero-order chi connectivity index (χ0) is 21.5. The van der Waals surface area contributed by atoms with E-state index in [1.165, 1.54) is 24.0 Å². The third kappa shape index (κ3) is 7.50. The lowest BCUT2D eigenvalue weighted by atomic mass is 9.87. The molecule has 0 fully saturated rings. The third-order valence-electron chi connectivity index (χ3n) is 4.58. The third-order valence-corrected chi connectivity index (χ3v) is 4.58. The van der Waals surface area contributed by atoms with Gasteiger partial charge in [0.25, 0.3) is 0 Å². The zero-order valence-corrected chi connectivity index (χ0v) is 19.0. The average Bonchev–Trinajstić information content (AvgIpc) is 2.59. The fraction of sp³-hybridized carbons (Fsp3) is 0.500. The van der Waals surface area contributed by atoms with Crippen LogP contribution in [-0.2, 0) is 11.2 Å². The standard InChI is InChI=1S/C21H26O2.C5H12/c1-5-6-9-17-13-18(12-11-14(17)2)20-15(3)8-7-10-19(20)16(4)21(22)23;1-5(2,3)4/h7-8,10-13,16H,5-6,9H2,1-4H3,(H,22,23);1-4H3. The van der Waals surface area contributed by atoms with Crippen molar-refractivity contribution in [2.75, 3.05) is 0 Å². The minimum atomic E-state index is -0.782. The maximum atomic E-state index is 11.5. The second kappa shape index (κ2) is 10.5. The fourth-order valence-electron chi connectivity index (χ4n) is 3.04. The summed E-state index contributed by atoms with van der Waals surface area (Å²) in [4.78, 5) is 11.5. The predicted octanol–water partition coefficient (Wildman–Crippen LogP) is 7.55. The van der Waals surface area contributed by atoms with Gasteiger partial charge in [0.15, 0.2) is 0 Å². The van der Waals surface area contributed by atoms with E-state index < -0.39 is 11.9 Å². The van der Waals surface area contributed by atoms with Crippen molar-refractivity contribution in [1.82, 2.24) is 0 Å². The van der Waals surface area contributed by atoms with Crippen molar-refractivity contribution in [3.8, 4) is 11.1 Å². The van der Waals surface area contributed by atoms with Gasteiger partial charge in [0, 0.05) is 0 Å². The molecule has 0 amide bonds. The van der Waals surface area contributed by atoms with Crippen LogP contribution in [0.4, 0.5) is 0 Å². The number of carboxylic acid groups (broad SMARTS) is 1. The van der Waals surface area contributed by atoms with Crippen LogP contribution in [0.15, 0.2) is 36.4 Å². The number of benzene rings is 2. The maximum Gasteiger partial charge on any atom is 0.310 e. The minimum absolute atomic E-state index is 0.500. The summed E-state index contributed by atoms with van der Waals surface area (Å²) in [5.41, 5.74) is 7.39. The molecule has 1 atom stereocenters. The molecule has 0 spiro atoms. The first-order valence-electron chi connectivity index (χ1n) is 10.4. The molecular formula is C26H38O2. The van der Waals surface area contributed by atoms with Gasteiger partial charge in [-0.15, -0.1) is 0 Å². The number of unbranched alkanes of at least 4 members (excludes halogenated alkanes) is 1. The van der Waals surface area contributed by atoms with E-state index in [1.807, 2.05) is 12.1 Å². The molecule has 0 aliphatic rings. The molecule has 2 aromatic rings. The Morgan fingerprint density at radius 1 is 1.04 bits per heavy atom. The first-order chi connectivity index (χ1) is 13.0. The molecule has 154 valence electrons. The first-order valence-corrected chi connectivity index (χ1v) is 10.4. The van der Waals surface area contributed by atoms with Gasteiger partial charge in [-0.2, -0.15) is 0 Å². The minimum Gasteiger partial charge on any atom is -0.481 e. The summed E-state index contributed by atoms with van der Waals surface area (Å²) in [6.45, 7) is 16.9.